The Kier molecular flexibility index (Phi) is 4.40. The number of nitrogens with one attached hydrogen (secondary N) is 1. The number of aromatic nitrogens is 2. The number of rotatable bonds is 6. The summed E-state index contributed by atoms with van der Waals surface area (Å²) in [7, 11) is 0. The first kappa shape index (κ1) is 12.7. The van der Waals surface area contributed by atoms with E-state index < -0.39 is 0 Å². The van der Waals surface area contributed by atoms with Crippen LogP contribution in [-0.4, -0.2) is 9.78 Å². The van der Waals surface area contributed by atoms with Gasteiger partial charge in [-0.3, -0.25) is 4.68 Å². The van der Waals surface area contributed by atoms with Crippen molar-refractivity contribution in [2.45, 2.75) is 39.8 Å². The number of para-hydroxylation sites is 1. The van der Waals surface area contributed by atoms with Gasteiger partial charge in [0.25, 0.3) is 0 Å². The van der Waals surface area contributed by atoms with E-state index in [9.17, 15) is 0 Å². The normalized spacial score (nSPS) is 10.6. The number of aryl methyl sites for hydroxylation is 2. The van der Waals surface area contributed by atoms with Gasteiger partial charge >= 0.3 is 0 Å². The first-order valence-corrected chi connectivity index (χ1v) is 6.67. The van der Waals surface area contributed by atoms with Gasteiger partial charge in [-0.2, -0.15) is 5.10 Å². The zero-order valence-electron chi connectivity index (χ0n) is 11.2. The molecule has 96 valence electrons. The molecular formula is C15H21N3. The Bertz CT molecular complexity index is 488. The third-order valence-electron chi connectivity index (χ3n) is 3.10. The highest BCUT2D eigenvalue weighted by atomic mass is 15.3. The number of hydrogen-bond acceptors (Lipinski definition) is 2. The fourth-order valence-electron chi connectivity index (χ4n) is 2.11. The van der Waals surface area contributed by atoms with Crippen molar-refractivity contribution in [3.8, 4) is 0 Å². The summed E-state index contributed by atoms with van der Waals surface area (Å²) < 4.78 is 2.07. The van der Waals surface area contributed by atoms with Crippen LogP contribution in [0, 0.1) is 0 Å². The fraction of sp³-hybridized carbons (Fsp3) is 0.400. The van der Waals surface area contributed by atoms with Gasteiger partial charge in [-0.1, -0.05) is 32.0 Å². The second kappa shape index (κ2) is 6.24. The molecule has 1 aromatic heterocycles. The molecule has 2 aromatic rings. The number of hydrogen-bond donors (Lipinski definition) is 1. The van der Waals surface area contributed by atoms with Crippen molar-refractivity contribution in [3.63, 3.8) is 0 Å². The van der Waals surface area contributed by atoms with Gasteiger partial charge in [-0.05, 0) is 30.5 Å². The quantitative estimate of drug-likeness (QED) is 0.842. The third kappa shape index (κ3) is 2.92. The smallest absolute Gasteiger partial charge is 0.0575 e. The Labute approximate surface area is 109 Å². The lowest BCUT2D eigenvalue weighted by Crippen LogP contribution is -2.09. The van der Waals surface area contributed by atoms with Crippen molar-refractivity contribution in [1.82, 2.24) is 9.78 Å². The van der Waals surface area contributed by atoms with Gasteiger partial charge in [0.2, 0.25) is 0 Å². The molecule has 0 unspecified atom stereocenters. The lowest BCUT2D eigenvalue weighted by molar-refractivity contribution is 0.578. The van der Waals surface area contributed by atoms with E-state index in [1.807, 2.05) is 6.20 Å². The van der Waals surface area contributed by atoms with Gasteiger partial charge in [-0.15, -0.1) is 0 Å². The Morgan fingerprint density at radius 3 is 2.78 bits per heavy atom. The molecule has 3 heteroatoms. The molecule has 0 aliphatic heterocycles. The SMILES string of the molecule is CCCn1nccc1CNc1ccccc1CC. The molecule has 0 fully saturated rings. The molecule has 0 saturated heterocycles. The Morgan fingerprint density at radius 2 is 2.00 bits per heavy atom. The average molecular weight is 243 g/mol. The maximum absolute atomic E-state index is 4.34. The first-order valence-electron chi connectivity index (χ1n) is 6.67. The topological polar surface area (TPSA) is 29.9 Å². The standard InChI is InChI=1S/C15H21N3/c1-3-11-18-14(9-10-17-18)12-16-15-8-6-5-7-13(15)4-2/h5-10,16H,3-4,11-12H2,1-2H3. The zero-order valence-corrected chi connectivity index (χ0v) is 11.2. The summed E-state index contributed by atoms with van der Waals surface area (Å²) in [6.45, 7) is 6.17. The van der Waals surface area contributed by atoms with Crippen molar-refractivity contribution in [3.05, 3.63) is 47.8 Å². The summed E-state index contributed by atoms with van der Waals surface area (Å²) >= 11 is 0. The highest BCUT2D eigenvalue weighted by Gasteiger charge is 2.03. The maximum Gasteiger partial charge on any atom is 0.0575 e. The van der Waals surface area contributed by atoms with E-state index in [1.54, 1.807) is 0 Å². The van der Waals surface area contributed by atoms with Crippen molar-refractivity contribution >= 4 is 5.69 Å². The summed E-state index contributed by atoms with van der Waals surface area (Å²) in [5.41, 5.74) is 3.83. The summed E-state index contributed by atoms with van der Waals surface area (Å²) in [4.78, 5) is 0. The van der Waals surface area contributed by atoms with Gasteiger partial charge in [0, 0.05) is 18.4 Å². The fourth-order valence-corrected chi connectivity index (χ4v) is 2.11. The summed E-state index contributed by atoms with van der Waals surface area (Å²) in [6, 6.07) is 10.6. The van der Waals surface area contributed by atoms with E-state index in [0.717, 1.165) is 25.9 Å². The Balaban J connectivity index is 2.04. The molecule has 0 radical (unpaired) electrons. The molecule has 0 atom stereocenters. The summed E-state index contributed by atoms with van der Waals surface area (Å²) in [5, 5.41) is 7.84. The first-order chi connectivity index (χ1) is 8.85. The Morgan fingerprint density at radius 1 is 1.17 bits per heavy atom. The molecule has 1 aromatic carbocycles. The number of anilines is 1. The van der Waals surface area contributed by atoms with E-state index in [0.29, 0.717) is 0 Å². The predicted molar refractivity (Wildman–Crippen MR) is 75.7 cm³/mol. The van der Waals surface area contributed by atoms with Crippen molar-refractivity contribution in [2.24, 2.45) is 0 Å². The summed E-state index contributed by atoms with van der Waals surface area (Å²) in [6.07, 6.45) is 4.04. The van der Waals surface area contributed by atoms with Gasteiger partial charge < -0.3 is 5.32 Å². The van der Waals surface area contributed by atoms with Gasteiger partial charge in [-0.25, -0.2) is 0 Å². The van der Waals surface area contributed by atoms with E-state index in [-0.39, 0.29) is 0 Å². The van der Waals surface area contributed by atoms with Crippen molar-refractivity contribution < 1.29 is 0 Å². The van der Waals surface area contributed by atoms with Crippen LogP contribution in [0.5, 0.6) is 0 Å². The van der Waals surface area contributed by atoms with Crippen molar-refractivity contribution in [1.29, 1.82) is 0 Å². The van der Waals surface area contributed by atoms with Crippen LogP contribution in [0.3, 0.4) is 0 Å². The van der Waals surface area contributed by atoms with Crippen LogP contribution in [0.1, 0.15) is 31.5 Å². The van der Waals surface area contributed by atoms with E-state index in [4.69, 9.17) is 0 Å². The second-order valence-corrected chi connectivity index (χ2v) is 4.41. The van der Waals surface area contributed by atoms with E-state index >= 15 is 0 Å². The zero-order chi connectivity index (χ0) is 12.8. The maximum atomic E-state index is 4.34. The van der Waals surface area contributed by atoms with E-state index in [2.05, 4.69) is 59.3 Å². The summed E-state index contributed by atoms with van der Waals surface area (Å²) in [5.74, 6) is 0. The Hall–Kier alpha value is -1.77. The predicted octanol–water partition coefficient (Wildman–Crippen LogP) is 3.47. The average Bonchev–Trinajstić information content (AvgIpc) is 2.84. The molecule has 0 spiro atoms. The van der Waals surface area contributed by atoms with Crippen LogP contribution in [0.25, 0.3) is 0 Å². The highest BCUT2D eigenvalue weighted by molar-refractivity contribution is 5.51. The molecule has 0 aliphatic carbocycles. The van der Waals surface area contributed by atoms with E-state index in [1.165, 1.54) is 16.9 Å². The van der Waals surface area contributed by atoms with Crippen LogP contribution in [-0.2, 0) is 19.5 Å². The highest BCUT2D eigenvalue weighted by Crippen LogP contribution is 2.16. The largest absolute Gasteiger partial charge is 0.379 e. The van der Waals surface area contributed by atoms with Crippen LogP contribution in [0.15, 0.2) is 36.5 Å². The molecule has 1 N–H and O–H groups in total. The number of nitrogens with zero attached hydrogens (tertiary/aromatic N) is 2. The van der Waals surface area contributed by atoms with Gasteiger partial charge in [0.15, 0.2) is 0 Å². The van der Waals surface area contributed by atoms with Crippen LogP contribution < -0.4 is 5.32 Å². The minimum Gasteiger partial charge on any atom is -0.379 e. The minimum absolute atomic E-state index is 0.830. The molecule has 2 rings (SSSR count). The monoisotopic (exact) mass is 243 g/mol. The molecule has 0 aliphatic rings. The van der Waals surface area contributed by atoms with Crippen LogP contribution >= 0.6 is 0 Å². The van der Waals surface area contributed by atoms with Crippen LogP contribution in [0.4, 0.5) is 5.69 Å². The van der Waals surface area contributed by atoms with Gasteiger partial charge in [0.05, 0.1) is 12.2 Å². The van der Waals surface area contributed by atoms with Crippen LogP contribution in [0.2, 0.25) is 0 Å². The lowest BCUT2D eigenvalue weighted by atomic mass is 10.1. The molecule has 3 nitrogen and oxygen atoms in total. The number of benzene rings is 1. The molecule has 0 saturated carbocycles. The lowest BCUT2D eigenvalue weighted by Gasteiger charge is -2.12. The van der Waals surface area contributed by atoms with Crippen molar-refractivity contribution in [2.75, 3.05) is 5.32 Å². The molecule has 1 heterocycles. The molecule has 0 amide bonds. The third-order valence-corrected chi connectivity index (χ3v) is 3.10. The minimum atomic E-state index is 0.830. The molecule has 18 heavy (non-hydrogen) atoms. The molecular weight excluding hydrogens is 222 g/mol. The second-order valence-electron chi connectivity index (χ2n) is 4.41. The molecule has 0 bridgehead atoms. The van der Waals surface area contributed by atoms with Gasteiger partial charge in [0.1, 0.15) is 0 Å².